The largest absolute Gasteiger partial charge is 0.354 e. The first-order valence-corrected chi connectivity index (χ1v) is 8.31. The summed E-state index contributed by atoms with van der Waals surface area (Å²) < 4.78 is 0. The Morgan fingerprint density at radius 2 is 2.10 bits per heavy atom. The molecule has 1 aliphatic rings. The van der Waals surface area contributed by atoms with Gasteiger partial charge in [0.1, 0.15) is 0 Å². The summed E-state index contributed by atoms with van der Waals surface area (Å²) in [6.07, 6.45) is 4.19. The van der Waals surface area contributed by atoms with Gasteiger partial charge < -0.3 is 15.5 Å². The van der Waals surface area contributed by atoms with Crippen LogP contribution in [0.2, 0.25) is 0 Å². The van der Waals surface area contributed by atoms with Crippen LogP contribution in [0.25, 0.3) is 0 Å². The highest BCUT2D eigenvalue weighted by Gasteiger charge is 2.23. The Morgan fingerprint density at radius 1 is 1.35 bits per heavy atom. The molecule has 4 heteroatoms. The van der Waals surface area contributed by atoms with Crippen molar-refractivity contribution in [2.24, 2.45) is 5.92 Å². The number of carbonyl (C=O) groups excluding carboxylic acids is 1. The molecule has 3 unspecified atom stereocenters. The second-order valence-corrected chi connectivity index (χ2v) is 6.17. The second kappa shape index (κ2) is 9.35. The maximum atomic E-state index is 11.7. The minimum atomic E-state index is 0.165. The van der Waals surface area contributed by atoms with Crippen LogP contribution in [0.5, 0.6) is 0 Å². The highest BCUT2D eigenvalue weighted by molar-refractivity contribution is 5.76. The van der Waals surface area contributed by atoms with E-state index in [0.29, 0.717) is 12.5 Å². The molecule has 1 heterocycles. The fourth-order valence-electron chi connectivity index (χ4n) is 2.82. The van der Waals surface area contributed by atoms with E-state index in [1.165, 1.54) is 25.9 Å². The Hall–Kier alpha value is -0.610. The first-order chi connectivity index (χ1) is 9.56. The van der Waals surface area contributed by atoms with E-state index in [1.807, 2.05) is 0 Å². The van der Waals surface area contributed by atoms with Gasteiger partial charge in [0.25, 0.3) is 0 Å². The highest BCUT2D eigenvalue weighted by atomic mass is 16.1. The van der Waals surface area contributed by atoms with Gasteiger partial charge in [-0.25, -0.2) is 0 Å². The predicted molar refractivity (Wildman–Crippen MR) is 84.8 cm³/mol. The van der Waals surface area contributed by atoms with E-state index in [-0.39, 0.29) is 11.9 Å². The second-order valence-electron chi connectivity index (χ2n) is 6.17. The Balaban J connectivity index is 2.19. The van der Waals surface area contributed by atoms with E-state index in [0.717, 1.165) is 25.4 Å². The fraction of sp³-hybridized carbons (Fsp3) is 0.938. The minimum Gasteiger partial charge on any atom is -0.354 e. The molecule has 118 valence electrons. The molecule has 4 nitrogen and oxygen atoms in total. The van der Waals surface area contributed by atoms with E-state index in [2.05, 4.69) is 43.2 Å². The van der Waals surface area contributed by atoms with Gasteiger partial charge in [0.05, 0.1) is 0 Å². The molecule has 0 aliphatic carbocycles. The number of hydrogen-bond donors (Lipinski definition) is 2. The SMILES string of the molecule is CCC(C)NC(=O)CCNC(C)C1CCCN(CC)C1. The number of amides is 1. The summed E-state index contributed by atoms with van der Waals surface area (Å²) in [6.45, 7) is 13.0. The van der Waals surface area contributed by atoms with Gasteiger partial charge in [-0.1, -0.05) is 13.8 Å². The normalized spacial score (nSPS) is 23.3. The standard InChI is InChI=1S/C16H33N3O/c1-5-13(3)18-16(20)9-10-17-14(4)15-8-7-11-19(6-2)12-15/h13-15,17H,5-12H2,1-4H3,(H,18,20). The Bertz CT molecular complexity index is 283. The monoisotopic (exact) mass is 283 g/mol. The highest BCUT2D eigenvalue weighted by Crippen LogP contribution is 2.19. The maximum absolute atomic E-state index is 11.7. The quantitative estimate of drug-likeness (QED) is 0.716. The molecule has 0 aromatic rings. The molecule has 1 amide bonds. The predicted octanol–water partition coefficient (Wildman–Crippen LogP) is 2.00. The van der Waals surface area contributed by atoms with E-state index in [4.69, 9.17) is 0 Å². The molecule has 0 aromatic heterocycles. The average molecular weight is 283 g/mol. The lowest BCUT2D eigenvalue weighted by atomic mass is 9.91. The van der Waals surface area contributed by atoms with Crippen molar-refractivity contribution in [2.75, 3.05) is 26.2 Å². The summed E-state index contributed by atoms with van der Waals surface area (Å²) >= 11 is 0. The zero-order chi connectivity index (χ0) is 15.0. The molecule has 0 radical (unpaired) electrons. The summed E-state index contributed by atoms with van der Waals surface area (Å²) in [4.78, 5) is 14.2. The molecule has 2 N–H and O–H groups in total. The Kier molecular flexibility index (Phi) is 8.15. The van der Waals surface area contributed by atoms with Crippen molar-refractivity contribution >= 4 is 5.91 Å². The lowest BCUT2D eigenvalue weighted by Gasteiger charge is -2.35. The summed E-state index contributed by atoms with van der Waals surface area (Å²) in [5.41, 5.74) is 0. The van der Waals surface area contributed by atoms with Crippen molar-refractivity contribution in [1.29, 1.82) is 0 Å². The smallest absolute Gasteiger partial charge is 0.221 e. The summed E-state index contributed by atoms with van der Waals surface area (Å²) in [7, 11) is 0. The van der Waals surface area contributed by atoms with E-state index in [1.54, 1.807) is 0 Å². The topological polar surface area (TPSA) is 44.4 Å². The van der Waals surface area contributed by atoms with Crippen LogP contribution in [0, 0.1) is 5.92 Å². The molecular weight excluding hydrogens is 250 g/mol. The molecular formula is C16H33N3O. The van der Waals surface area contributed by atoms with Crippen molar-refractivity contribution in [3.8, 4) is 0 Å². The number of nitrogens with zero attached hydrogens (tertiary/aromatic N) is 1. The number of hydrogen-bond acceptors (Lipinski definition) is 3. The number of nitrogens with one attached hydrogen (secondary N) is 2. The van der Waals surface area contributed by atoms with Crippen LogP contribution >= 0.6 is 0 Å². The van der Waals surface area contributed by atoms with Crippen LogP contribution in [-0.2, 0) is 4.79 Å². The molecule has 0 bridgehead atoms. The summed E-state index contributed by atoms with van der Waals surface area (Å²) in [5, 5.41) is 6.54. The number of piperidine rings is 1. The first-order valence-electron chi connectivity index (χ1n) is 8.31. The third-order valence-electron chi connectivity index (χ3n) is 4.53. The molecule has 3 atom stereocenters. The molecule has 20 heavy (non-hydrogen) atoms. The van der Waals surface area contributed by atoms with Crippen LogP contribution in [-0.4, -0.2) is 49.1 Å². The molecule has 0 aromatic carbocycles. The van der Waals surface area contributed by atoms with Crippen molar-refractivity contribution in [2.45, 2.75) is 65.5 Å². The third kappa shape index (κ3) is 6.23. The van der Waals surface area contributed by atoms with Crippen molar-refractivity contribution < 1.29 is 4.79 Å². The zero-order valence-corrected chi connectivity index (χ0v) is 13.7. The molecule has 1 fully saturated rings. The molecule has 1 aliphatic heterocycles. The van der Waals surface area contributed by atoms with Gasteiger partial charge in [-0.3, -0.25) is 4.79 Å². The number of carbonyl (C=O) groups is 1. The van der Waals surface area contributed by atoms with Gasteiger partial charge in [0.2, 0.25) is 5.91 Å². The Labute approximate surface area is 124 Å². The van der Waals surface area contributed by atoms with Crippen LogP contribution in [0.3, 0.4) is 0 Å². The van der Waals surface area contributed by atoms with E-state index < -0.39 is 0 Å². The fourth-order valence-corrected chi connectivity index (χ4v) is 2.82. The zero-order valence-electron chi connectivity index (χ0n) is 13.7. The summed E-state index contributed by atoms with van der Waals surface area (Å²) in [5.74, 6) is 0.888. The van der Waals surface area contributed by atoms with Gasteiger partial charge >= 0.3 is 0 Å². The number of likely N-dealkylation sites (tertiary alicyclic amines) is 1. The Morgan fingerprint density at radius 3 is 2.75 bits per heavy atom. The molecule has 0 spiro atoms. The van der Waals surface area contributed by atoms with E-state index >= 15 is 0 Å². The molecule has 0 saturated carbocycles. The van der Waals surface area contributed by atoms with Crippen molar-refractivity contribution in [1.82, 2.24) is 15.5 Å². The van der Waals surface area contributed by atoms with Crippen LogP contribution in [0.15, 0.2) is 0 Å². The molecule has 1 saturated heterocycles. The van der Waals surface area contributed by atoms with Crippen LogP contribution in [0.1, 0.15) is 53.4 Å². The average Bonchev–Trinajstić information content (AvgIpc) is 2.46. The molecule has 1 rings (SSSR count). The van der Waals surface area contributed by atoms with Crippen molar-refractivity contribution in [3.05, 3.63) is 0 Å². The van der Waals surface area contributed by atoms with Gasteiger partial charge in [-0.2, -0.15) is 0 Å². The van der Waals surface area contributed by atoms with E-state index in [9.17, 15) is 4.79 Å². The third-order valence-corrected chi connectivity index (χ3v) is 4.53. The van der Waals surface area contributed by atoms with Gasteiger partial charge in [-0.15, -0.1) is 0 Å². The van der Waals surface area contributed by atoms with Gasteiger partial charge in [0, 0.05) is 31.6 Å². The summed E-state index contributed by atoms with van der Waals surface area (Å²) in [6, 6.07) is 0.789. The number of rotatable bonds is 8. The first kappa shape index (κ1) is 17.4. The van der Waals surface area contributed by atoms with Crippen LogP contribution < -0.4 is 10.6 Å². The van der Waals surface area contributed by atoms with Gasteiger partial charge in [-0.05, 0) is 52.1 Å². The lowest BCUT2D eigenvalue weighted by molar-refractivity contribution is -0.121. The van der Waals surface area contributed by atoms with Crippen molar-refractivity contribution in [3.63, 3.8) is 0 Å². The van der Waals surface area contributed by atoms with Crippen LogP contribution in [0.4, 0.5) is 0 Å². The minimum absolute atomic E-state index is 0.165. The lowest BCUT2D eigenvalue weighted by Crippen LogP contribution is -2.45. The maximum Gasteiger partial charge on any atom is 0.221 e. The van der Waals surface area contributed by atoms with Gasteiger partial charge in [0.15, 0.2) is 0 Å².